The van der Waals surface area contributed by atoms with Gasteiger partial charge in [-0.1, -0.05) is 71.6 Å². The van der Waals surface area contributed by atoms with Crippen LogP contribution in [0.5, 0.6) is 5.75 Å². The molecule has 4 rings (SSSR count). The van der Waals surface area contributed by atoms with Gasteiger partial charge in [0.1, 0.15) is 18.0 Å². The highest BCUT2D eigenvalue weighted by atomic mass is 28.4. The predicted molar refractivity (Wildman–Crippen MR) is 208 cm³/mol. The molecule has 9 heteroatoms. The van der Waals surface area contributed by atoms with Crippen molar-refractivity contribution < 1.29 is 28.2 Å². The lowest BCUT2D eigenvalue weighted by atomic mass is 9.86. The topological polar surface area (TPSA) is 74.3 Å². The molecule has 2 heterocycles. The molecule has 1 saturated heterocycles. The lowest BCUT2D eigenvalue weighted by molar-refractivity contribution is -0.143. The summed E-state index contributed by atoms with van der Waals surface area (Å²) < 4.78 is 25.8. The van der Waals surface area contributed by atoms with Gasteiger partial charge in [0.05, 0.1) is 12.7 Å². The van der Waals surface area contributed by atoms with Crippen LogP contribution in [0.3, 0.4) is 0 Å². The Bertz CT molecular complexity index is 1390. The lowest BCUT2D eigenvalue weighted by Crippen LogP contribution is -2.45. The molecule has 3 aliphatic rings. The van der Waals surface area contributed by atoms with Crippen LogP contribution in [0, 0.1) is 23.7 Å². The van der Waals surface area contributed by atoms with Gasteiger partial charge in [0, 0.05) is 63.7 Å². The van der Waals surface area contributed by atoms with Gasteiger partial charge in [0.15, 0.2) is 8.32 Å². The maximum Gasteiger partial charge on any atom is 0.410 e. The fourth-order valence-corrected chi connectivity index (χ4v) is 9.10. The number of esters is 1. The van der Waals surface area contributed by atoms with Gasteiger partial charge in [-0.3, -0.25) is 4.79 Å². The molecule has 0 bridgehead atoms. The highest BCUT2D eigenvalue weighted by Crippen LogP contribution is 2.54. The van der Waals surface area contributed by atoms with Crippen LogP contribution in [0.2, 0.25) is 43.8 Å². The van der Waals surface area contributed by atoms with E-state index in [1.807, 2.05) is 11.8 Å². The van der Waals surface area contributed by atoms with Crippen molar-refractivity contribution in [1.82, 2.24) is 4.90 Å². The molecule has 7 nitrogen and oxygen atoms in total. The second-order valence-corrected chi connectivity index (χ2v) is 27.9. The van der Waals surface area contributed by atoms with Crippen LogP contribution in [0.25, 0.3) is 0 Å². The first-order valence-electron chi connectivity index (χ1n) is 19.2. The van der Waals surface area contributed by atoms with Gasteiger partial charge in [0.2, 0.25) is 0 Å². The van der Waals surface area contributed by atoms with Crippen LogP contribution in [0.4, 0.5) is 4.79 Å². The summed E-state index contributed by atoms with van der Waals surface area (Å²) in [6.07, 6.45) is 10.3. The molecule has 1 unspecified atom stereocenters. The number of rotatable bonds is 14. The summed E-state index contributed by atoms with van der Waals surface area (Å²) in [4.78, 5) is 27.6. The molecular formula is C41H65NO6Si2. The Balaban J connectivity index is 1.56. The van der Waals surface area contributed by atoms with Crippen LogP contribution in [0.1, 0.15) is 96.6 Å². The smallest absolute Gasteiger partial charge is 0.410 e. The summed E-state index contributed by atoms with van der Waals surface area (Å²) in [5.74, 6) is 7.32. The van der Waals surface area contributed by atoms with Gasteiger partial charge in [-0.15, -0.1) is 11.8 Å². The van der Waals surface area contributed by atoms with Crippen molar-refractivity contribution in [3.05, 3.63) is 41.5 Å². The van der Waals surface area contributed by atoms with E-state index >= 15 is 0 Å². The molecule has 1 aromatic carbocycles. The van der Waals surface area contributed by atoms with Crippen molar-refractivity contribution in [2.75, 3.05) is 19.7 Å². The first kappa shape index (κ1) is 40.2. The van der Waals surface area contributed by atoms with Crippen LogP contribution in [-0.2, 0) is 25.1 Å². The highest BCUT2D eigenvalue weighted by molar-refractivity contribution is 6.76. The first-order valence-corrected chi connectivity index (χ1v) is 25.8. The number of aryl methyl sites for hydroxylation is 1. The zero-order chi connectivity index (χ0) is 36.7. The molecule has 50 heavy (non-hydrogen) atoms. The molecule has 278 valence electrons. The first-order chi connectivity index (χ1) is 23.5. The van der Waals surface area contributed by atoms with Gasteiger partial charge in [0.25, 0.3) is 0 Å². The van der Waals surface area contributed by atoms with Crippen molar-refractivity contribution in [2.45, 2.75) is 154 Å². The average molecular weight is 724 g/mol. The standard InChI is InChI=1S/C41H65NO6Si2/c1-11-12-18-30(2)34(47-40(44)42-25-14-13-15-26-42)24-23-32-35(48-50(9,10)41(3,4)5)29-36-38(32)33-21-16-19-31(39(33)46-36)20-17-22-37(43)45-27-28-49(6,7)8/h16,19,21,23-24,30,32,34-36,38H,13-15,17-18,20,22,25-29H2,1-10H3/b24-23+/t30-,32-,34+,35?,36-,38-/m0/s1. The second-order valence-electron chi connectivity index (χ2n) is 17.5. The number of fused-ring (bicyclic) bond motifs is 3. The largest absolute Gasteiger partial charge is 0.489 e. The Morgan fingerprint density at radius 2 is 1.82 bits per heavy atom. The van der Waals surface area contributed by atoms with Gasteiger partial charge in [-0.25, -0.2) is 4.79 Å². The van der Waals surface area contributed by atoms with E-state index < -0.39 is 22.5 Å². The number of ether oxygens (including phenoxy) is 3. The number of piperidine rings is 1. The second kappa shape index (κ2) is 17.3. The molecule has 1 aromatic rings. The van der Waals surface area contributed by atoms with Gasteiger partial charge in [-0.2, -0.15) is 0 Å². The summed E-state index contributed by atoms with van der Waals surface area (Å²) in [6.45, 7) is 24.4. The zero-order valence-corrected chi connectivity index (χ0v) is 34.7. The van der Waals surface area contributed by atoms with Crippen LogP contribution in [-0.4, -0.2) is 71.4 Å². The van der Waals surface area contributed by atoms with Gasteiger partial charge in [-0.05, 0) is 74.8 Å². The third kappa shape index (κ3) is 10.7. The number of hydrogen-bond acceptors (Lipinski definition) is 6. The maximum atomic E-state index is 13.3. The molecule has 2 fully saturated rings. The Labute approximate surface area is 305 Å². The van der Waals surface area contributed by atoms with Crippen molar-refractivity contribution in [3.63, 3.8) is 0 Å². The van der Waals surface area contributed by atoms with Crippen molar-refractivity contribution in [2.24, 2.45) is 11.8 Å². The molecule has 0 radical (unpaired) electrons. The molecule has 0 N–H and O–H groups in total. The molecule has 1 amide bonds. The Morgan fingerprint density at radius 1 is 1.10 bits per heavy atom. The third-order valence-electron chi connectivity index (χ3n) is 11.2. The van der Waals surface area contributed by atoms with E-state index in [1.165, 1.54) is 5.56 Å². The summed E-state index contributed by atoms with van der Waals surface area (Å²) in [6, 6.07) is 7.46. The van der Waals surface area contributed by atoms with E-state index in [0.717, 1.165) is 69.0 Å². The number of likely N-dealkylation sites (tertiary alicyclic amines) is 1. The number of carbonyl (C=O) groups is 2. The number of carbonyl (C=O) groups excluding carboxylic acids is 2. The SMILES string of the molecule is CC#CC[C@H](C)[C@@H](/C=C/[C@H]1C(O[Si](C)(C)C(C)(C)C)C[C@@H]2Oc3c(CCCC(=O)OCC[Si](C)(C)C)cccc3[C@@H]21)OC(=O)N1CCCCC1. The molecule has 0 spiro atoms. The minimum absolute atomic E-state index is 0.000157. The van der Waals surface area contributed by atoms with Crippen LogP contribution >= 0.6 is 0 Å². The quantitative estimate of drug-likeness (QED) is 0.0824. The number of hydrogen-bond donors (Lipinski definition) is 0. The summed E-state index contributed by atoms with van der Waals surface area (Å²) in [5, 5.41) is 0.0700. The molecule has 6 atom stereocenters. The highest BCUT2D eigenvalue weighted by Gasteiger charge is 2.52. The normalized spacial score (nSPS) is 23.4. The lowest BCUT2D eigenvalue weighted by Gasteiger charge is -2.40. The number of benzene rings is 1. The molecule has 1 saturated carbocycles. The maximum absolute atomic E-state index is 13.3. The minimum atomic E-state index is -2.10. The Morgan fingerprint density at radius 3 is 2.48 bits per heavy atom. The molecular weight excluding hydrogens is 659 g/mol. The molecule has 2 aliphatic heterocycles. The number of amides is 1. The van der Waals surface area contributed by atoms with Crippen molar-refractivity contribution >= 4 is 28.5 Å². The fraction of sp³-hybridized carbons (Fsp3) is 0.707. The number of para-hydroxylation sites is 1. The van der Waals surface area contributed by atoms with Crippen LogP contribution in [0.15, 0.2) is 30.4 Å². The van der Waals surface area contributed by atoms with Gasteiger partial charge >= 0.3 is 12.1 Å². The van der Waals surface area contributed by atoms with Gasteiger partial charge < -0.3 is 23.5 Å². The third-order valence-corrected chi connectivity index (χ3v) is 17.4. The summed E-state index contributed by atoms with van der Waals surface area (Å²) >= 11 is 0. The monoisotopic (exact) mass is 723 g/mol. The number of nitrogens with zero attached hydrogens (tertiary/aromatic N) is 1. The minimum Gasteiger partial charge on any atom is -0.489 e. The predicted octanol–water partition coefficient (Wildman–Crippen LogP) is 9.74. The average Bonchev–Trinajstić information content (AvgIpc) is 3.56. The van der Waals surface area contributed by atoms with E-state index in [9.17, 15) is 9.59 Å². The van der Waals surface area contributed by atoms with E-state index in [-0.39, 0.29) is 47.1 Å². The zero-order valence-electron chi connectivity index (χ0n) is 32.7. The van der Waals surface area contributed by atoms with Crippen molar-refractivity contribution in [3.8, 4) is 17.6 Å². The van der Waals surface area contributed by atoms with E-state index in [0.29, 0.717) is 19.4 Å². The molecule has 0 aromatic heterocycles. The Hall–Kier alpha value is -2.55. The summed E-state index contributed by atoms with van der Waals surface area (Å²) in [7, 11) is -3.33. The summed E-state index contributed by atoms with van der Waals surface area (Å²) in [5.41, 5.74) is 2.37. The van der Waals surface area contributed by atoms with Crippen LogP contribution < -0.4 is 4.74 Å². The fourth-order valence-electron chi connectivity index (χ4n) is 7.02. The van der Waals surface area contributed by atoms with Crippen molar-refractivity contribution in [1.29, 1.82) is 0 Å². The van der Waals surface area contributed by atoms with E-state index in [2.05, 4.69) is 103 Å². The Kier molecular flexibility index (Phi) is 13.9. The molecule has 1 aliphatic carbocycles. The van der Waals surface area contributed by atoms with E-state index in [1.54, 1.807) is 0 Å². The van der Waals surface area contributed by atoms with E-state index in [4.69, 9.17) is 18.6 Å².